The highest BCUT2D eigenvalue weighted by Crippen LogP contribution is 2.30. The van der Waals surface area contributed by atoms with Gasteiger partial charge in [-0.1, -0.05) is 24.3 Å². The van der Waals surface area contributed by atoms with Crippen LogP contribution in [0.5, 0.6) is 11.5 Å². The number of methoxy groups -OCH3 is 1. The number of nitriles is 1. The van der Waals surface area contributed by atoms with Gasteiger partial charge in [0.05, 0.1) is 25.3 Å². The number of benzene rings is 2. The van der Waals surface area contributed by atoms with E-state index in [4.69, 9.17) is 19.8 Å². The molecule has 5 heteroatoms. The smallest absolute Gasteiger partial charge is 0.161 e. The van der Waals surface area contributed by atoms with Crippen molar-refractivity contribution in [2.75, 3.05) is 20.3 Å². The minimum absolute atomic E-state index is 0.0405. The van der Waals surface area contributed by atoms with Gasteiger partial charge in [-0.3, -0.25) is 0 Å². The summed E-state index contributed by atoms with van der Waals surface area (Å²) in [5, 5.41) is 21.4. The zero-order valence-corrected chi connectivity index (χ0v) is 14.0. The normalized spacial score (nSPS) is 11.6. The molecule has 1 atom stereocenters. The van der Waals surface area contributed by atoms with Crippen LogP contribution in [0.4, 0.5) is 0 Å². The predicted octanol–water partition coefficient (Wildman–Crippen LogP) is 2.79. The molecular formula is C19H22N2O3. The number of nitrogens with zero attached hydrogens (tertiary/aromatic N) is 1. The second-order valence-electron chi connectivity index (χ2n) is 5.35. The molecule has 2 rings (SSSR count). The molecule has 1 unspecified atom stereocenters. The van der Waals surface area contributed by atoms with E-state index in [0.717, 1.165) is 11.1 Å². The molecule has 2 aromatic carbocycles. The molecule has 24 heavy (non-hydrogen) atoms. The maximum absolute atomic E-state index is 9.14. The molecule has 0 aliphatic carbocycles. The Morgan fingerprint density at radius 3 is 2.71 bits per heavy atom. The third kappa shape index (κ3) is 4.48. The van der Waals surface area contributed by atoms with Crippen LogP contribution in [0.25, 0.3) is 0 Å². The summed E-state index contributed by atoms with van der Waals surface area (Å²) < 4.78 is 10.8. The quantitative estimate of drug-likeness (QED) is 0.780. The van der Waals surface area contributed by atoms with Crippen LogP contribution < -0.4 is 14.8 Å². The number of hydrogen-bond donors (Lipinski definition) is 2. The average molecular weight is 326 g/mol. The SMILES string of the molecule is COc1cc(C(C)NCc2ccccc2C#N)ccc1OCCO. The summed E-state index contributed by atoms with van der Waals surface area (Å²) in [6.07, 6.45) is 0. The van der Waals surface area contributed by atoms with Gasteiger partial charge in [0.1, 0.15) is 6.61 Å². The Morgan fingerprint density at radius 2 is 2.00 bits per heavy atom. The van der Waals surface area contributed by atoms with Crippen molar-refractivity contribution in [2.45, 2.75) is 19.5 Å². The van der Waals surface area contributed by atoms with Crippen molar-refractivity contribution >= 4 is 0 Å². The maximum Gasteiger partial charge on any atom is 0.161 e. The Labute approximate surface area is 142 Å². The van der Waals surface area contributed by atoms with Crippen molar-refractivity contribution in [2.24, 2.45) is 0 Å². The van der Waals surface area contributed by atoms with Gasteiger partial charge in [0.2, 0.25) is 0 Å². The van der Waals surface area contributed by atoms with E-state index in [1.165, 1.54) is 0 Å². The summed E-state index contributed by atoms with van der Waals surface area (Å²) in [6, 6.07) is 15.6. The van der Waals surface area contributed by atoms with Gasteiger partial charge in [0.25, 0.3) is 0 Å². The molecule has 0 aliphatic rings. The standard InChI is InChI=1S/C19H22N2O3/c1-14(21-13-17-6-4-3-5-16(17)12-20)15-7-8-18(24-10-9-22)19(11-15)23-2/h3-8,11,14,21-22H,9-10,13H2,1-2H3. The van der Waals surface area contributed by atoms with E-state index in [1.54, 1.807) is 7.11 Å². The lowest BCUT2D eigenvalue weighted by atomic mass is 10.1. The van der Waals surface area contributed by atoms with Crippen molar-refractivity contribution in [3.8, 4) is 17.6 Å². The Balaban J connectivity index is 2.06. The van der Waals surface area contributed by atoms with Gasteiger partial charge >= 0.3 is 0 Å². The highest BCUT2D eigenvalue weighted by atomic mass is 16.5. The molecule has 0 spiro atoms. The fourth-order valence-corrected chi connectivity index (χ4v) is 2.39. The molecule has 0 fully saturated rings. The van der Waals surface area contributed by atoms with Crippen LogP contribution in [0.3, 0.4) is 0 Å². The summed E-state index contributed by atoms with van der Waals surface area (Å²) in [6.45, 7) is 2.85. The molecule has 0 saturated heterocycles. The fourth-order valence-electron chi connectivity index (χ4n) is 2.39. The second-order valence-corrected chi connectivity index (χ2v) is 5.35. The van der Waals surface area contributed by atoms with Crippen molar-refractivity contribution < 1.29 is 14.6 Å². The van der Waals surface area contributed by atoms with E-state index in [-0.39, 0.29) is 19.3 Å². The molecule has 2 aromatic rings. The first-order chi connectivity index (χ1) is 11.7. The first-order valence-corrected chi connectivity index (χ1v) is 7.82. The highest BCUT2D eigenvalue weighted by Gasteiger charge is 2.11. The molecular weight excluding hydrogens is 304 g/mol. The largest absolute Gasteiger partial charge is 0.493 e. The van der Waals surface area contributed by atoms with Crippen LogP contribution in [0.15, 0.2) is 42.5 Å². The molecule has 126 valence electrons. The lowest BCUT2D eigenvalue weighted by Crippen LogP contribution is -2.18. The zero-order chi connectivity index (χ0) is 17.4. The molecule has 0 aliphatic heterocycles. The molecule has 0 aromatic heterocycles. The van der Waals surface area contributed by atoms with Crippen LogP contribution in [0.2, 0.25) is 0 Å². The molecule has 0 heterocycles. The summed E-state index contributed by atoms with van der Waals surface area (Å²) >= 11 is 0. The zero-order valence-electron chi connectivity index (χ0n) is 14.0. The van der Waals surface area contributed by atoms with Gasteiger partial charge in [-0.05, 0) is 36.2 Å². The Morgan fingerprint density at radius 1 is 1.21 bits per heavy atom. The number of aliphatic hydroxyl groups excluding tert-OH is 1. The molecule has 0 bridgehead atoms. The van der Waals surface area contributed by atoms with Gasteiger partial charge in [-0.15, -0.1) is 0 Å². The Kier molecular flexibility index (Phi) is 6.62. The van der Waals surface area contributed by atoms with Gasteiger partial charge in [0.15, 0.2) is 11.5 Å². The number of ether oxygens (including phenoxy) is 2. The summed E-state index contributed by atoms with van der Waals surface area (Å²) in [5.41, 5.74) is 2.71. The molecule has 0 radical (unpaired) electrons. The fraction of sp³-hybridized carbons (Fsp3) is 0.316. The van der Waals surface area contributed by atoms with E-state index in [0.29, 0.717) is 23.6 Å². The van der Waals surface area contributed by atoms with Gasteiger partial charge < -0.3 is 19.9 Å². The summed E-state index contributed by atoms with van der Waals surface area (Å²) in [7, 11) is 1.59. The summed E-state index contributed by atoms with van der Waals surface area (Å²) in [5.74, 6) is 1.24. The van der Waals surface area contributed by atoms with Crippen LogP contribution in [0.1, 0.15) is 29.7 Å². The number of nitrogens with one attached hydrogen (secondary N) is 1. The Bertz CT molecular complexity index is 710. The minimum Gasteiger partial charge on any atom is -0.493 e. The van der Waals surface area contributed by atoms with Crippen molar-refractivity contribution in [1.82, 2.24) is 5.32 Å². The number of rotatable bonds is 8. The molecule has 0 amide bonds. The summed E-state index contributed by atoms with van der Waals surface area (Å²) in [4.78, 5) is 0. The topological polar surface area (TPSA) is 74.5 Å². The van der Waals surface area contributed by atoms with E-state index in [9.17, 15) is 0 Å². The van der Waals surface area contributed by atoms with E-state index < -0.39 is 0 Å². The lowest BCUT2D eigenvalue weighted by molar-refractivity contribution is 0.196. The van der Waals surface area contributed by atoms with Gasteiger partial charge in [0, 0.05) is 12.6 Å². The first-order valence-electron chi connectivity index (χ1n) is 7.82. The van der Waals surface area contributed by atoms with E-state index in [2.05, 4.69) is 18.3 Å². The highest BCUT2D eigenvalue weighted by molar-refractivity contribution is 5.44. The maximum atomic E-state index is 9.14. The average Bonchev–Trinajstić information content (AvgIpc) is 2.64. The monoisotopic (exact) mass is 326 g/mol. The van der Waals surface area contributed by atoms with Gasteiger partial charge in [-0.2, -0.15) is 5.26 Å². The predicted molar refractivity (Wildman–Crippen MR) is 92.0 cm³/mol. The molecule has 2 N–H and O–H groups in total. The Hall–Kier alpha value is -2.55. The van der Waals surface area contributed by atoms with E-state index in [1.807, 2.05) is 42.5 Å². The number of aliphatic hydroxyl groups is 1. The van der Waals surface area contributed by atoms with Crippen LogP contribution in [-0.2, 0) is 6.54 Å². The van der Waals surface area contributed by atoms with E-state index >= 15 is 0 Å². The minimum atomic E-state index is -0.0405. The van der Waals surface area contributed by atoms with Crippen molar-refractivity contribution in [1.29, 1.82) is 5.26 Å². The molecule has 0 saturated carbocycles. The van der Waals surface area contributed by atoms with Gasteiger partial charge in [-0.25, -0.2) is 0 Å². The number of hydrogen-bond acceptors (Lipinski definition) is 5. The van der Waals surface area contributed by atoms with Crippen molar-refractivity contribution in [3.63, 3.8) is 0 Å². The lowest BCUT2D eigenvalue weighted by Gasteiger charge is -2.17. The third-order valence-corrected chi connectivity index (χ3v) is 3.77. The second kappa shape index (κ2) is 8.92. The van der Waals surface area contributed by atoms with Crippen LogP contribution in [0, 0.1) is 11.3 Å². The van der Waals surface area contributed by atoms with Crippen molar-refractivity contribution in [3.05, 3.63) is 59.2 Å². The molecule has 5 nitrogen and oxygen atoms in total. The van der Waals surface area contributed by atoms with Crippen LogP contribution in [-0.4, -0.2) is 25.4 Å². The third-order valence-electron chi connectivity index (χ3n) is 3.77. The van der Waals surface area contributed by atoms with Crippen LogP contribution >= 0.6 is 0 Å². The first kappa shape index (κ1) is 17.8.